The smallest absolute Gasteiger partial charge is 0.138 e. The quantitative estimate of drug-likeness (QED) is 0.519. The van der Waals surface area contributed by atoms with Crippen LogP contribution < -0.4 is 0 Å². The molecule has 0 amide bonds. The van der Waals surface area contributed by atoms with E-state index in [1.807, 2.05) is 0 Å². The fraction of sp³-hybridized carbons (Fsp3) is 0.333. The van der Waals surface area contributed by atoms with Crippen molar-refractivity contribution in [1.29, 1.82) is 0 Å². The fourth-order valence-corrected chi connectivity index (χ4v) is 3.08. The predicted octanol–water partition coefficient (Wildman–Crippen LogP) is 5.44. The van der Waals surface area contributed by atoms with Gasteiger partial charge in [-0.2, -0.15) is 0 Å². The highest BCUT2D eigenvalue weighted by Crippen LogP contribution is 2.38. The van der Waals surface area contributed by atoms with Crippen molar-refractivity contribution in [2.24, 2.45) is 0 Å². The molecule has 0 N–H and O–H groups in total. The number of benzene rings is 2. The largest absolute Gasteiger partial charge is 0.455 e. The maximum absolute atomic E-state index is 6.24. The third kappa shape index (κ3) is 1.54. The van der Waals surface area contributed by atoms with Crippen LogP contribution in [-0.2, 0) is 0 Å². The average molecular weight is 252 g/mol. The van der Waals surface area contributed by atoms with E-state index in [0.717, 1.165) is 11.2 Å². The van der Waals surface area contributed by atoms with E-state index in [-0.39, 0.29) is 0 Å². The van der Waals surface area contributed by atoms with Crippen molar-refractivity contribution in [2.75, 3.05) is 0 Å². The Hall–Kier alpha value is -1.76. The van der Waals surface area contributed by atoms with Crippen molar-refractivity contribution >= 4 is 21.9 Å². The van der Waals surface area contributed by atoms with Gasteiger partial charge in [0.1, 0.15) is 11.2 Å². The molecule has 3 rings (SSSR count). The van der Waals surface area contributed by atoms with Gasteiger partial charge < -0.3 is 4.42 Å². The van der Waals surface area contributed by atoms with Crippen LogP contribution in [0.25, 0.3) is 21.9 Å². The second kappa shape index (κ2) is 3.86. The van der Waals surface area contributed by atoms with Crippen LogP contribution in [0.3, 0.4) is 0 Å². The van der Waals surface area contributed by atoms with Crippen LogP contribution in [-0.4, -0.2) is 0 Å². The Morgan fingerprint density at radius 3 is 1.32 bits per heavy atom. The minimum absolute atomic E-state index is 1.06. The molecule has 0 fully saturated rings. The topological polar surface area (TPSA) is 13.1 Å². The van der Waals surface area contributed by atoms with E-state index in [4.69, 9.17) is 4.42 Å². The predicted molar refractivity (Wildman–Crippen MR) is 82.1 cm³/mol. The summed E-state index contributed by atoms with van der Waals surface area (Å²) in [6.45, 7) is 13.0. The average Bonchev–Trinajstić information content (AvgIpc) is 2.75. The second-order valence-electron chi connectivity index (χ2n) is 5.78. The molecule has 0 radical (unpaired) electrons. The minimum Gasteiger partial charge on any atom is -0.455 e. The van der Waals surface area contributed by atoms with Gasteiger partial charge in [-0.15, -0.1) is 0 Å². The van der Waals surface area contributed by atoms with Crippen molar-refractivity contribution in [3.8, 4) is 0 Å². The summed E-state index contributed by atoms with van der Waals surface area (Å²) in [5.74, 6) is 0. The molecule has 2 aromatic carbocycles. The van der Waals surface area contributed by atoms with E-state index in [9.17, 15) is 0 Å². The van der Waals surface area contributed by atoms with E-state index in [1.54, 1.807) is 0 Å². The molecule has 19 heavy (non-hydrogen) atoms. The van der Waals surface area contributed by atoms with Gasteiger partial charge in [-0.05, 0) is 74.9 Å². The molecule has 0 aliphatic carbocycles. The molecule has 1 heterocycles. The van der Waals surface area contributed by atoms with Crippen molar-refractivity contribution in [1.82, 2.24) is 0 Å². The molecule has 0 aliphatic rings. The third-order valence-corrected chi connectivity index (χ3v) is 4.43. The summed E-state index contributed by atoms with van der Waals surface area (Å²) in [4.78, 5) is 0. The Morgan fingerprint density at radius 1 is 0.579 bits per heavy atom. The lowest BCUT2D eigenvalue weighted by Gasteiger charge is -2.05. The molecule has 0 saturated carbocycles. The normalized spacial score (nSPS) is 11.7. The SMILES string of the molecule is Cc1cc(C)c2c(oc3c(C)c(C)cc(C)c32)c1C. The summed E-state index contributed by atoms with van der Waals surface area (Å²) in [6.07, 6.45) is 0. The van der Waals surface area contributed by atoms with Crippen molar-refractivity contribution in [3.05, 3.63) is 45.5 Å². The van der Waals surface area contributed by atoms with Crippen molar-refractivity contribution in [2.45, 2.75) is 41.5 Å². The molecule has 0 unspecified atom stereocenters. The van der Waals surface area contributed by atoms with Gasteiger partial charge in [0.2, 0.25) is 0 Å². The lowest BCUT2D eigenvalue weighted by atomic mass is 9.96. The molecule has 0 spiro atoms. The molecule has 98 valence electrons. The monoisotopic (exact) mass is 252 g/mol. The molecule has 3 aromatic rings. The Labute approximate surface area is 114 Å². The van der Waals surface area contributed by atoms with Gasteiger partial charge in [0.25, 0.3) is 0 Å². The fourth-order valence-electron chi connectivity index (χ4n) is 3.08. The first-order valence-electron chi connectivity index (χ1n) is 6.81. The highest BCUT2D eigenvalue weighted by Gasteiger charge is 2.17. The third-order valence-electron chi connectivity index (χ3n) is 4.43. The lowest BCUT2D eigenvalue weighted by Crippen LogP contribution is -1.87. The Kier molecular flexibility index (Phi) is 2.50. The van der Waals surface area contributed by atoms with Crippen LogP contribution >= 0.6 is 0 Å². The van der Waals surface area contributed by atoms with E-state index >= 15 is 0 Å². The molecule has 1 heteroatoms. The van der Waals surface area contributed by atoms with Crippen LogP contribution in [0.5, 0.6) is 0 Å². The highest BCUT2D eigenvalue weighted by atomic mass is 16.3. The first kappa shape index (κ1) is 12.3. The lowest BCUT2D eigenvalue weighted by molar-refractivity contribution is 0.661. The van der Waals surface area contributed by atoms with E-state index in [1.165, 1.54) is 44.2 Å². The minimum atomic E-state index is 1.06. The summed E-state index contributed by atoms with van der Waals surface area (Å²) < 4.78 is 6.24. The van der Waals surface area contributed by atoms with Crippen LogP contribution in [0.4, 0.5) is 0 Å². The molecule has 0 bridgehead atoms. The Morgan fingerprint density at radius 2 is 0.947 bits per heavy atom. The summed E-state index contributed by atoms with van der Waals surface area (Å²) >= 11 is 0. The van der Waals surface area contributed by atoms with Gasteiger partial charge >= 0.3 is 0 Å². The summed E-state index contributed by atoms with van der Waals surface area (Å²) in [6, 6.07) is 4.53. The maximum Gasteiger partial charge on any atom is 0.138 e. The van der Waals surface area contributed by atoms with Crippen LogP contribution in [0.15, 0.2) is 16.5 Å². The second-order valence-corrected chi connectivity index (χ2v) is 5.78. The van der Waals surface area contributed by atoms with Gasteiger partial charge in [-0.25, -0.2) is 0 Å². The van der Waals surface area contributed by atoms with Crippen LogP contribution in [0.2, 0.25) is 0 Å². The van der Waals surface area contributed by atoms with E-state index in [2.05, 4.69) is 53.7 Å². The maximum atomic E-state index is 6.24. The van der Waals surface area contributed by atoms with E-state index < -0.39 is 0 Å². The molecule has 1 nitrogen and oxygen atoms in total. The molecule has 1 aromatic heterocycles. The highest BCUT2D eigenvalue weighted by molar-refractivity contribution is 6.10. The van der Waals surface area contributed by atoms with Gasteiger partial charge in [0, 0.05) is 10.8 Å². The zero-order valence-corrected chi connectivity index (χ0v) is 12.6. The molecular weight excluding hydrogens is 232 g/mol. The van der Waals surface area contributed by atoms with Crippen LogP contribution in [0, 0.1) is 41.5 Å². The first-order valence-corrected chi connectivity index (χ1v) is 6.81. The zero-order chi connectivity index (χ0) is 13.9. The molecule has 0 aliphatic heterocycles. The number of rotatable bonds is 0. The number of fused-ring (bicyclic) bond motifs is 3. The Bertz CT molecular complexity index is 751. The van der Waals surface area contributed by atoms with Gasteiger partial charge in [0.15, 0.2) is 0 Å². The summed E-state index contributed by atoms with van der Waals surface area (Å²) in [7, 11) is 0. The molecule has 0 saturated heterocycles. The number of furan rings is 1. The number of hydrogen-bond acceptors (Lipinski definition) is 1. The van der Waals surface area contributed by atoms with Crippen molar-refractivity contribution < 1.29 is 4.42 Å². The van der Waals surface area contributed by atoms with Crippen LogP contribution in [0.1, 0.15) is 33.4 Å². The molecular formula is C18H20O. The van der Waals surface area contributed by atoms with Gasteiger partial charge in [-0.3, -0.25) is 0 Å². The van der Waals surface area contributed by atoms with E-state index in [0.29, 0.717) is 0 Å². The zero-order valence-electron chi connectivity index (χ0n) is 12.6. The van der Waals surface area contributed by atoms with Crippen molar-refractivity contribution in [3.63, 3.8) is 0 Å². The van der Waals surface area contributed by atoms with Gasteiger partial charge in [-0.1, -0.05) is 12.1 Å². The standard InChI is InChI=1S/C18H20O/c1-9-7-11(3)15-16-12(4)8-10(2)14(6)18(16)19-17(15)13(9)5/h7-8H,1-6H3. The van der Waals surface area contributed by atoms with Gasteiger partial charge in [0.05, 0.1) is 0 Å². The Balaban J connectivity index is 2.68. The number of aryl methyl sites for hydroxylation is 6. The number of hydrogen-bond donors (Lipinski definition) is 0. The first-order chi connectivity index (χ1) is 8.91. The molecule has 0 atom stereocenters. The summed E-state index contributed by atoms with van der Waals surface area (Å²) in [5, 5.41) is 2.58. The summed E-state index contributed by atoms with van der Waals surface area (Å²) in [5.41, 5.74) is 9.86.